The molecule has 2 aromatic carbocycles. The number of allylic oxidation sites excluding steroid dienone is 2. The van der Waals surface area contributed by atoms with Gasteiger partial charge in [0, 0.05) is 6.20 Å². The van der Waals surface area contributed by atoms with Gasteiger partial charge in [0.1, 0.15) is 5.70 Å². The third-order valence-electron chi connectivity index (χ3n) is 8.84. The molecule has 0 N–H and O–H groups in total. The topological polar surface area (TPSA) is 55.8 Å². The largest absolute Gasteiger partial charge is 0.466 e. The molecule has 0 saturated heterocycles. The average Bonchev–Trinajstić information content (AvgIpc) is 3.48. The first kappa shape index (κ1) is 29.2. The predicted octanol–water partition coefficient (Wildman–Crippen LogP) is 7.52. The lowest BCUT2D eigenvalue weighted by Crippen LogP contribution is -2.44. The predicted molar refractivity (Wildman–Crippen MR) is 167 cm³/mol. The van der Waals surface area contributed by atoms with E-state index in [0.29, 0.717) is 5.57 Å². The van der Waals surface area contributed by atoms with Gasteiger partial charge in [0.2, 0.25) is 0 Å². The van der Waals surface area contributed by atoms with E-state index in [1.165, 1.54) is 71.2 Å². The Kier molecular flexibility index (Phi) is 9.39. The summed E-state index contributed by atoms with van der Waals surface area (Å²) >= 11 is 4.29. The minimum absolute atomic E-state index is 0.247. The molecular weight excluding hydrogens is 530 g/mol. The Bertz CT molecular complexity index is 1330. The molecule has 0 saturated carbocycles. The summed E-state index contributed by atoms with van der Waals surface area (Å²) < 4.78 is 10.6. The number of thiol groups is 1. The van der Waals surface area contributed by atoms with E-state index in [1.807, 2.05) is 35.4 Å². The normalized spacial score (nSPS) is 17.8. The van der Waals surface area contributed by atoms with Crippen LogP contribution in [0.4, 0.5) is 0 Å². The van der Waals surface area contributed by atoms with E-state index < -0.39 is 17.4 Å². The molecular formula is C35H41NO4S. The lowest BCUT2D eigenvalue weighted by Gasteiger charge is -2.38. The van der Waals surface area contributed by atoms with Gasteiger partial charge in [-0.15, -0.1) is 0 Å². The Morgan fingerprint density at radius 2 is 1.32 bits per heavy atom. The van der Waals surface area contributed by atoms with Crippen molar-refractivity contribution in [2.45, 2.75) is 75.7 Å². The number of ether oxygens (including phenoxy) is 2. The van der Waals surface area contributed by atoms with Crippen LogP contribution >= 0.6 is 12.6 Å². The van der Waals surface area contributed by atoms with Crippen LogP contribution in [-0.2, 0) is 24.5 Å². The monoisotopic (exact) mass is 571 g/mol. The van der Waals surface area contributed by atoms with Gasteiger partial charge in [-0.25, -0.2) is 9.59 Å². The molecule has 1 atom stereocenters. The molecule has 1 aliphatic carbocycles. The molecule has 0 amide bonds. The first-order valence-electron chi connectivity index (χ1n) is 15.0. The molecule has 0 bridgehead atoms. The minimum atomic E-state index is -0.896. The molecule has 0 fully saturated rings. The number of rotatable bonds is 13. The second-order valence-electron chi connectivity index (χ2n) is 11.2. The number of fused-ring (bicyclic) bond motifs is 7. The molecule has 6 heteroatoms. The van der Waals surface area contributed by atoms with Crippen LogP contribution < -0.4 is 0 Å². The Morgan fingerprint density at radius 1 is 0.780 bits per heavy atom. The van der Waals surface area contributed by atoms with Crippen LogP contribution in [-0.4, -0.2) is 42.9 Å². The third kappa shape index (κ3) is 5.27. The molecule has 1 spiro atoms. The fourth-order valence-electron chi connectivity index (χ4n) is 6.98. The Labute approximate surface area is 249 Å². The van der Waals surface area contributed by atoms with Gasteiger partial charge in [-0.3, -0.25) is 0 Å². The lowest BCUT2D eigenvalue weighted by molar-refractivity contribution is -0.140. The van der Waals surface area contributed by atoms with Crippen molar-refractivity contribution in [2.75, 3.05) is 20.0 Å². The van der Waals surface area contributed by atoms with Crippen LogP contribution in [0.25, 0.3) is 11.1 Å². The summed E-state index contributed by atoms with van der Waals surface area (Å²) in [5.74, 6) is -0.0610. The minimum Gasteiger partial charge on any atom is -0.466 e. The number of esters is 2. The Hall–Kier alpha value is -3.25. The van der Waals surface area contributed by atoms with E-state index in [9.17, 15) is 9.59 Å². The molecule has 0 radical (unpaired) electrons. The van der Waals surface area contributed by atoms with Crippen molar-refractivity contribution in [3.63, 3.8) is 0 Å². The number of carbonyl (C=O) groups is 2. The van der Waals surface area contributed by atoms with Crippen molar-refractivity contribution < 1.29 is 19.1 Å². The van der Waals surface area contributed by atoms with E-state index >= 15 is 0 Å². The van der Waals surface area contributed by atoms with Crippen molar-refractivity contribution >= 4 is 24.6 Å². The second kappa shape index (κ2) is 13.2. The van der Waals surface area contributed by atoms with Gasteiger partial charge in [0.25, 0.3) is 0 Å². The van der Waals surface area contributed by atoms with Crippen LogP contribution in [0.5, 0.6) is 0 Å². The fraction of sp³-hybridized carbons (Fsp3) is 0.429. The third-order valence-corrected chi connectivity index (χ3v) is 9.16. The first-order chi connectivity index (χ1) is 20.1. The zero-order valence-electron chi connectivity index (χ0n) is 24.2. The van der Waals surface area contributed by atoms with Gasteiger partial charge >= 0.3 is 11.9 Å². The highest BCUT2D eigenvalue weighted by Gasteiger charge is 2.62. The highest BCUT2D eigenvalue weighted by atomic mass is 32.1. The highest BCUT2D eigenvalue weighted by molar-refractivity contribution is 7.80. The Balaban J connectivity index is 1.45. The van der Waals surface area contributed by atoms with Gasteiger partial charge in [-0.1, -0.05) is 99.6 Å². The summed E-state index contributed by atoms with van der Waals surface area (Å²) in [4.78, 5) is 28.9. The lowest BCUT2D eigenvalue weighted by atomic mass is 9.67. The molecule has 2 aliphatic heterocycles. The quantitative estimate of drug-likeness (QED) is 0.153. The molecule has 2 aromatic rings. The molecule has 216 valence electrons. The van der Waals surface area contributed by atoms with E-state index in [-0.39, 0.29) is 11.7 Å². The van der Waals surface area contributed by atoms with Gasteiger partial charge in [0.05, 0.1) is 31.2 Å². The maximum atomic E-state index is 13.7. The molecule has 1 unspecified atom stereocenters. The van der Waals surface area contributed by atoms with E-state index in [4.69, 9.17) is 9.47 Å². The van der Waals surface area contributed by atoms with Crippen molar-refractivity contribution in [1.29, 1.82) is 0 Å². The van der Waals surface area contributed by atoms with Crippen molar-refractivity contribution in [1.82, 2.24) is 4.90 Å². The van der Waals surface area contributed by atoms with Crippen LogP contribution in [0.1, 0.15) is 75.3 Å². The van der Waals surface area contributed by atoms with Gasteiger partial charge in [-0.05, 0) is 58.9 Å². The smallest absolute Gasteiger partial charge is 0.355 e. The molecule has 3 aliphatic rings. The van der Waals surface area contributed by atoms with Crippen LogP contribution in [0.2, 0.25) is 0 Å². The first-order valence-corrected chi connectivity index (χ1v) is 15.6. The number of unbranched alkanes of at least 4 members (excludes halogenated alkanes) is 8. The summed E-state index contributed by atoms with van der Waals surface area (Å²) in [6.07, 6.45) is 18.6. The summed E-state index contributed by atoms with van der Waals surface area (Å²) in [6, 6.07) is 16.1. The van der Waals surface area contributed by atoms with Crippen LogP contribution in [0, 0.1) is 0 Å². The number of benzene rings is 2. The van der Waals surface area contributed by atoms with Crippen LogP contribution in [0.3, 0.4) is 0 Å². The molecule has 41 heavy (non-hydrogen) atoms. The van der Waals surface area contributed by atoms with Gasteiger partial charge in [-0.2, -0.15) is 12.6 Å². The zero-order valence-corrected chi connectivity index (χ0v) is 25.1. The Morgan fingerprint density at radius 3 is 1.88 bits per heavy atom. The van der Waals surface area contributed by atoms with Crippen molar-refractivity contribution in [3.05, 3.63) is 94.9 Å². The van der Waals surface area contributed by atoms with Crippen molar-refractivity contribution in [3.8, 4) is 11.1 Å². The fourth-order valence-corrected chi connectivity index (χ4v) is 7.21. The standard InChI is InChI=1S/C35H41NO4S/c1-39-33(37)31-32(34(38)40-2)36-22-21-25(16-10-8-6-4-3-5-7-9-15-23-41)24-30(36)35(31)28-19-13-11-17-26(28)27-18-12-14-20-29(27)35/h11-14,17-22,24,30,41H,3-10,15-16,23H2,1-2H3. The maximum Gasteiger partial charge on any atom is 0.355 e. The van der Waals surface area contributed by atoms with E-state index in [0.717, 1.165) is 40.8 Å². The number of carbonyl (C=O) groups excluding carboxylic acids is 2. The molecule has 5 nitrogen and oxygen atoms in total. The van der Waals surface area contributed by atoms with Gasteiger partial charge < -0.3 is 14.4 Å². The highest BCUT2D eigenvalue weighted by Crippen LogP contribution is 2.60. The summed E-state index contributed by atoms with van der Waals surface area (Å²) in [5, 5.41) is 0. The molecule has 0 aromatic heterocycles. The molecule has 2 heterocycles. The second-order valence-corrected chi connectivity index (χ2v) is 11.6. The van der Waals surface area contributed by atoms with Crippen molar-refractivity contribution in [2.24, 2.45) is 0 Å². The van der Waals surface area contributed by atoms with E-state index in [2.05, 4.69) is 49.0 Å². The average molecular weight is 572 g/mol. The van der Waals surface area contributed by atoms with Crippen LogP contribution in [0.15, 0.2) is 83.7 Å². The number of hydrogen-bond acceptors (Lipinski definition) is 6. The number of nitrogens with zero attached hydrogens (tertiary/aromatic N) is 1. The summed E-state index contributed by atoms with van der Waals surface area (Å²) in [5.41, 5.74) is 5.09. The number of hydrogen-bond donors (Lipinski definition) is 1. The summed E-state index contributed by atoms with van der Waals surface area (Å²) in [7, 11) is 2.74. The SMILES string of the molecule is COC(=O)C1=C(C(=O)OC)C2(c3ccccc3-c3ccccc32)C2C=C(CCCCCCCCCCCS)C=CN12. The maximum absolute atomic E-state index is 13.7. The number of methoxy groups -OCH3 is 2. The van der Waals surface area contributed by atoms with E-state index in [1.54, 1.807) is 0 Å². The van der Waals surface area contributed by atoms with Gasteiger partial charge in [0.15, 0.2) is 0 Å². The molecule has 5 rings (SSSR count). The zero-order chi connectivity index (χ0) is 28.8. The summed E-state index contributed by atoms with van der Waals surface area (Å²) in [6.45, 7) is 0.